The third-order valence-electron chi connectivity index (χ3n) is 10.8. The Morgan fingerprint density at radius 2 is 1.30 bits per heavy atom. The van der Waals surface area contributed by atoms with Crippen LogP contribution in [-0.4, -0.2) is 173 Å². The Kier molecular flexibility index (Phi) is 14.1. The summed E-state index contributed by atoms with van der Waals surface area (Å²) in [5.41, 5.74) is -0.779. The van der Waals surface area contributed by atoms with Crippen LogP contribution in [0.1, 0.15) is 12.5 Å². The molecular formula is C42H46O22. The number of phenolic OH excluding ortho intramolecular Hbond substituents is 3. The summed E-state index contributed by atoms with van der Waals surface area (Å²) < 4.78 is 45.7. The van der Waals surface area contributed by atoms with E-state index in [4.69, 9.17) is 37.6 Å². The molecule has 22 heteroatoms. The highest BCUT2D eigenvalue weighted by Crippen LogP contribution is 2.39. The van der Waals surface area contributed by atoms with Crippen molar-refractivity contribution >= 4 is 23.0 Å². The van der Waals surface area contributed by atoms with Crippen molar-refractivity contribution in [2.75, 3.05) is 13.2 Å². The van der Waals surface area contributed by atoms with Gasteiger partial charge in [0.05, 0.1) is 12.7 Å². The van der Waals surface area contributed by atoms with Crippen LogP contribution in [0.3, 0.4) is 0 Å². The fourth-order valence-electron chi connectivity index (χ4n) is 7.18. The number of hydrogen-bond donors (Lipinski definition) is 12. The largest absolute Gasteiger partial charge is 0.508 e. The molecule has 346 valence electrons. The fraction of sp³-hybridized carbons (Fsp3) is 0.429. The van der Waals surface area contributed by atoms with Gasteiger partial charge in [0.15, 0.2) is 18.2 Å². The molecular weight excluding hydrogens is 856 g/mol. The second-order valence-corrected chi connectivity index (χ2v) is 15.2. The van der Waals surface area contributed by atoms with Crippen LogP contribution in [0.5, 0.6) is 28.7 Å². The maximum absolute atomic E-state index is 14.4. The molecule has 3 aliphatic heterocycles. The first-order chi connectivity index (χ1) is 30.4. The topological polar surface area (TPSA) is 355 Å². The SMILES string of the molecule is CC1OC(Oc2c(-c3ccc(O)cc3)oc3cc(OC4OC(COC(=O)C=Cc5ccc(O)cc5)C(O)C(O)C4O)cc(O)c3c2=O)C(OC2OC(CO)C(O)C(O)C2O)C(O)C1O. The van der Waals surface area contributed by atoms with E-state index in [1.54, 1.807) is 12.1 Å². The number of ether oxygens (including phenoxy) is 7. The van der Waals surface area contributed by atoms with E-state index >= 15 is 0 Å². The van der Waals surface area contributed by atoms with Crippen LogP contribution in [0, 0.1) is 0 Å². The van der Waals surface area contributed by atoms with Gasteiger partial charge in [0, 0.05) is 23.8 Å². The monoisotopic (exact) mass is 902 g/mol. The zero-order chi connectivity index (χ0) is 46.1. The number of aliphatic hydroxyl groups is 9. The third kappa shape index (κ3) is 9.64. The summed E-state index contributed by atoms with van der Waals surface area (Å²) in [7, 11) is 0. The van der Waals surface area contributed by atoms with Crippen molar-refractivity contribution < 1.29 is 104 Å². The van der Waals surface area contributed by atoms with Crippen LogP contribution in [0.4, 0.5) is 0 Å². The number of esters is 1. The van der Waals surface area contributed by atoms with Gasteiger partial charge in [-0.3, -0.25) is 4.79 Å². The maximum atomic E-state index is 14.4. The van der Waals surface area contributed by atoms with Crippen LogP contribution in [-0.2, 0) is 28.5 Å². The van der Waals surface area contributed by atoms with Crippen molar-refractivity contribution in [1.29, 1.82) is 0 Å². The number of aromatic hydroxyl groups is 3. The zero-order valence-electron chi connectivity index (χ0n) is 33.5. The van der Waals surface area contributed by atoms with Crippen LogP contribution >= 0.6 is 0 Å². The van der Waals surface area contributed by atoms with E-state index < -0.39 is 134 Å². The van der Waals surface area contributed by atoms with Gasteiger partial charge in [-0.1, -0.05) is 12.1 Å². The van der Waals surface area contributed by atoms with Crippen LogP contribution < -0.4 is 14.9 Å². The molecule has 64 heavy (non-hydrogen) atoms. The minimum atomic E-state index is -1.96. The van der Waals surface area contributed by atoms with Crippen molar-refractivity contribution in [3.05, 3.63) is 82.5 Å². The van der Waals surface area contributed by atoms with Crippen LogP contribution in [0.15, 0.2) is 76.0 Å². The van der Waals surface area contributed by atoms with E-state index in [2.05, 4.69) is 0 Å². The molecule has 15 unspecified atom stereocenters. The lowest BCUT2D eigenvalue weighted by Crippen LogP contribution is -2.64. The lowest BCUT2D eigenvalue weighted by Gasteiger charge is -2.45. The fourth-order valence-corrected chi connectivity index (χ4v) is 7.18. The van der Waals surface area contributed by atoms with Crippen LogP contribution in [0.2, 0.25) is 0 Å². The number of benzene rings is 3. The molecule has 15 atom stereocenters. The molecule has 0 spiro atoms. The summed E-state index contributed by atoms with van der Waals surface area (Å²) in [6, 6.07) is 13.1. The maximum Gasteiger partial charge on any atom is 0.330 e. The highest BCUT2D eigenvalue weighted by Gasteiger charge is 2.51. The lowest BCUT2D eigenvalue weighted by atomic mass is 9.97. The summed E-state index contributed by atoms with van der Waals surface area (Å²) in [4.78, 5) is 26.8. The van der Waals surface area contributed by atoms with E-state index in [0.29, 0.717) is 5.56 Å². The Balaban J connectivity index is 1.17. The van der Waals surface area contributed by atoms with Gasteiger partial charge in [-0.25, -0.2) is 4.79 Å². The van der Waals surface area contributed by atoms with Gasteiger partial charge >= 0.3 is 5.97 Å². The first-order valence-corrected chi connectivity index (χ1v) is 19.7. The number of rotatable bonds is 12. The Hall–Kier alpha value is -5.44. The predicted molar refractivity (Wildman–Crippen MR) is 212 cm³/mol. The summed E-state index contributed by atoms with van der Waals surface area (Å²) in [5, 5.41) is 125. The lowest BCUT2D eigenvalue weighted by molar-refractivity contribution is -0.355. The quantitative estimate of drug-likeness (QED) is 0.0543. The van der Waals surface area contributed by atoms with Crippen molar-refractivity contribution in [2.45, 2.75) is 99.0 Å². The molecule has 0 aliphatic carbocycles. The van der Waals surface area contributed by atoms with Gasteiger partial charge < -0.3 is 98.9 Å². The Morgan fingerprint density at radius 3 is 1.95 bits per heavy atom. The second kappa shape index (κ2) is 19.3. The highest BCUT2D eigenvalue weighted by molar-refractivity contribution is 5.88. The molecule has 3 aromatic carbocycles. The molecule has 4 heterocycles. The van der Waals surface area contributed by atoms with E-state index in [1.807, 2.05) is 0 Å². The molecule has 22 nitrogen and oxygen atoms in total. The Morgan fingerprint density at radius 1 is 0.688 bits per heavy atom. The van der Waals surface area contributed by atoms with Crippen molar-refractivity contribution in [1.82, 2.24) is 0 Å². The number of hydrogen-bond acceptors (Lipinski definition) is 22. The molecule has 4 aromatic rings. The second-order valence-electron chi connectivity index (χ2n) is 15.2. The number of aliphatic hydroxyl groups excluding tert-OH is 9. The smallest absolute Gasteiger partial charge is 0.330 e. The Labute approximate surface area is 361 Å². The average molecular weight is 903 g/mol. The van der Waals surface area contributed by atoms with Gasteiger partial charge in [0.25, 0.3) is 0 Å². The molecule has 0 radical (unpaired) electrons. The third-order valence-corrected chi connectivity index (χ3v) is 10.8. The summed E-state index contributed by atoms with van der Waals surface area (Å²) in [6.07, 6.45) is -23.6. The van der Waals surface area contributed by atoms with Gasteiger partial charge in [0.1, 0.15) is 102 Å². The minimum Gasteiger partial charge on any atom is -0.508 e. The van der Waals surface area contributed by atoms with Crippen molar-refractivity contribution in [3.8, 4) is 40.1 Å². The van der Waals surface area contributed by atoms with E-state index in [-0.39, 0.29) is 34.2 Å². The van der Waals surface area contributed by atoms with Gasteiger partial charge in [-0.15, -0.1) is 0 Å². The van der Waals surface area contributed by atoms with Gasteiger partial charge in [-0.05, 0) is 55.0 Å². The molecule has 7 rings (SSSR count). The standard InChI is InChI=1S/C42H46O22/c1-16-28(48)34(54)39(64-41-36(56)32(52)29(49)24(14-43)61-41)42(58-16)63-38-31(51)27-22(46)12-21(13-23(27)60-37(38)18-5-9-20(45)10-6-18)59-40-35(55)33(53)30(50)25(62-40)15-57-26(47)11-4-17-2-7-19(44)8-3-17/h2-13,16,24-25,28-30,32-36,39-46,48-50,52-56H,14-15H2,1H3. The first-order valence-electron chi connectivity index (χ1n) is 19.7. The van der Waals surface area contributed by atoms with E-state index in [0.717, 1.165) is 18.2 Å². The molecule has 3 saturated heterocycles. The number of carbonyl (C=O) groups excluding carboxylic acids is 1. The van der Waals surface area contributed by atoms with Crippen molar-refractivity contribution in [3.63, 3.8) is 0 Å². The van der Waals surface area contributed by atoms with Crippen molar-refractivity contribution in [2.24, 2.45) is 0 Å². The molecule has 3 aliphatic rings. The highest BCUT2D eigenvalue weighted by atomic mass is 16.8. The molecule has 0 saturated carbocycles. The zero-order valence-corrected chi connectivity index (χ0v) is 33.5. The molecule has 0 amide bonds. The minimum absolute atomic E-state index is 0.0213. The van der Waals surface area contributed by atoms with Gasteiger partial charge in [0.2, 0.25) is 23.8 Å². The van der Waals surface area contributed by atoms with E-state index in [1.165, 1.54) is 49.4 Å². The normalized spacial score (nSPS) is 33.2. The summed E-state index contributed by atoms with van der Waals surface area (Å²) >= 11 is 0. The number of carbonyl (C=O) groups is 1. The summed E-state index contributed by atoms with van der Waals surface area (Å²) in [6.45, 7) is -0.0856. The predicted octanol–water partition coefficient (Wildman–Crippen LogP) is -1.95. The van der Waals surface area contributed by atoms with Crippen LogP contribution in [0.25, 0.3) is 28.4 Å². The van der Waals surface area contributed by atoms with Gasteiger partial charge in [-0.2, -0.15) is 0 Å². The molecule has 3 fully saturated rings. The Bertz CT molecular complexity index is 2330. The first kappa shape index (κ1) is 46.5. The number of fused-ring (bicyclic) bond motifs is 1. The average Bonchev–Trinajstić information content (AvgIpc) is 3.27. The molecule has 1 aromatic heterocycles. The molecule has 0 bridgehead atoms. The van der Waals surface area contributed by atoms with E-state index in [9.17, 15) is 70.9 Å². The number of phenols is 3. The summed E-state index contributed by atoms with van der Waals surface area (Å²) in [5.74, 6) is -3.17. The molecule has 12 N–H and O–H groups in total.